The summed E-state index contributed by atoms with van der Waals surface area (Å²) in [6, 6.07) is 4.68. The van der Waals surface area contributed by atoms with Crippen molar-refractivity contribution >= 4 is 35.0 Å². The number of rotatable bonds is 9. The van der Waals surface area contributed by atoms with Gasteiger partial charge in [0.1, 0.15) is 6.04 Å². The van der Waals surface area contributed by atoms with Crippen LogP contribution in [0.3, 0.4) is 0 Å². The number of carbonyl (C=O) groups is 2. The van der Waals surface area contributed by atoms with Gasteiger partial charge in [-0.3, -0.25) is 9.59 Å². The lowest BCUT2D eigenvalue weighted by Gasteiger charge is -2.30. The number of hydrogen-bond donors (Lipinski definition) is 1. The van der Waals surface area contributed by atoms with Crippen molar-refractivity contribution in [2.24, 2.45) is 0 Å². The third-order valence-electron chi connectivity index (χ3n) is 3.87. The van der Waals surface area contributed by atoms with Gasteiger partial charge in [0.05, 0.1) is 0 Å². The van der Waals surface area contributed by atoms with Crippen LogP contribution in [-0.4, -0.2) is 29.3 Å². The van der Waals surface area contributed by atoms with Crippen LogP contribution in [0.2, 0.25) is 10.0 Å². The second-order valence-corrected chi connectivity index (χ2v) is 6.52. The number of unbranched alkanes of at least 4 members (excludes halogenated alkanes) is 1. The van der Waals surface area contributed by atoms with Crippen molar-refractivity contribution in [1.82, 2.24) is 10.2 Å². The summed E-state index contributed by atoms with van der Waals surface area (Å²) >= 11 is 12.2. The van der Waals surface area contributed by atoms with Crippen LogP contribution in [0.5, 0.6) is 0 Å². The molecule has 6 heteroatoms. The highest BCUT2D eigenvalue weighted by Crippen LogP contribution is 2.24. The molecule has 0 fully saturated rings. The molecule has 1 atom stereocenters. The van der Waals surface area contributed by atoms with Crippen molar-refractivity contribution < 1.29 is 9.59 Å². The average Bonchev–Trinajstić information content (AvgIpc) is 2.56. The molecule has 0 saturated heterocycles. The van der Waals surface area contributed by atoms with Crippen molar-refractivity contribution in [3.05, 3.63) is 33.8 Å². The zero-order valence-corrected chi connectivity index (χ0v) is 16.1. The van der Waals surface area contributed by atoms with Crippen LogP contribution in [-0.2, 0) is 16.1 Å². The van der Waals surface area contributed by atoms with Crippen LogP contribution in [0.25, 0.3) is 0 Å². The van der Waals surface area contributed by atoms with Gasteiger partial charge in [-0.1, -0.05) is 56.5 Å². The Kier molecular flexibility index (Phi) is 9.16. The smallest absolute Gasteiger partial charge is 0.242 e. The van der Waals surface area contributed by atoms with Gasteiger partial charge in [-0.2, -0.15) is 0 Å². The van der Waals surface area contributed by atoms with Gasteiger partial charge in [0, 0.05) is 29.6 Å². The Morgan fingerprint density at radius 1 is 1.21 bits per heavy atom. The van der Waals surface area contributed by atoms with E-state index in [1.807, 2.05) is 6.92 Å². The van der Waals surface area contributed by atoms with Crippen molar-refractivity contribution in [2.75, 3.05) is 6.54 Å². The largest absolute Gasteiger partial charge is 0.354 e. The highest BCUT2D eigenvalue weighted by Gasteiger charge is 2.27. The minimum absolute atomic E-state index is 0.0708. The van der Waals surface area contributed by atoms with Crippen molar-refractivity contribution in [3.63, 3.8) is 0 Å². The molecule has 1 rings (SSSR count). The molecule has 0 heterocycles. The Morgan fingerprint density at radius 2 is 1.92 bits per heavy atom. The van der Waals surface area contributed by atoms with Crippen LogP contribution >= 0.6 is 23.2 Å². The number of nitrogens with one attached hydrogen (secondary N) is 1. The zero-order chi connectivity index (χ0) is 18.1. The van der Waals surface area contributed by atoms with E-state index in [0.717, 1.165) is 18.4 Å². The summed E-state index contributed by atoms with van der Waals surface area (Å²) in [7, 11) is 0. The normalized spacial score (nSPS) is 11.9. The van der Waals surface area contributed by atoms with E-state index in [4.69, 9.17) is 23.2 Å². The molecule has 24 heavy (non-hydrogen) atoms. The quantitative estimate of drug-likeness (QED) is 0.651. The van der Waals surface area contributed by atoms with E-state index in [-0.39, 0.29) is 11.8 Å². The lowest BCUT2D eigenvalue weighted by molar-refractivity contribution is -0.141. The summed E-state index contributed by atoms with van der Waals surface area (Å²) in [6.07, 6.45) is 2.82. The standard InChI is InChI=1S/C18H26Cl2N2O2/c1-4-7-10-21-18(24)16(5-2)22(17(23)6-3)12-13-8-9-14(19)11-15(13)20/h8-9,11,16H,4-7,10,12H2,1-3H3,(H,21,24)/t16-/m0/s1. The second kappa shape index (κ2) is 10.6. The molecular formula is C18H26Cl2N2O2. The molecule has 0 aromatic heterocycles. The number of amides is 2. The minimum atomic E-state index is -0.499. The molecule has 0 bridgehead atoms. The summed E-state index contributed by atoms with van der Waals surface area (Å²) in [6.45, 7) is 6.69. The number of nitrogens with zero attached hydrogens (tertiary/aromatic N) is 1. The van der Waals surface area contributed by atoms with Gasteiger partial charge in [-0.15, -0.1) is 0 Å². The van der Waals surface area contributed by atoms with Crippen LogP contribution in [0, 0.1) is 0 Å². The topological polar surface area (TPSA) is 49.4 Å². The zero-order valence-electron chi connectivity index (χ0n) is 14.6. The maximum absolute atomic E-state index is 12.5. The number of carbonyl (C=O) groups excluding carboxylic acids is 2. The van der Waals surface area contributed by atoms with Crippen molar-refractivity contribution in [3.8, 4) is 0 Å². The molecule has 1 aromatic carbocycles. The fraction of sp³-hybridized carbons (Fsp3) is 0.556. The van der Waals surface area contributed by atoms with Gasteiger partial charge < -0.3 is 10.2 Å². The van der Waals surface area contributed by atoms with Crippen molar-refractivity contribution in [2.45, 2.75) is 59.0 Å². The minimum Gasteiger partial charge on any atom is -0.354 e. The fourth-order valence-electron chi connectivity index (χ4n) is 2.46. The van der Waals surface area contributed by atoms with Crippen LogP contribution in [0.15, 0.2) is 18.2 Å². The van der Waals surface area contributed by atoms with Crippen molar-refractivity contribution in [1.29, 1.82) is 0 Å². The molecule has 2 amide bonds. The molecule has 0 spiro atoms. The van der Waals surface area contributed by atoms with Crippen LogP contribution in [0.4, 0.5) is 0 Å². The summed E-state index contributed by atoms with van der Waals surface area (Å²) in [4.78, 5) is 26.5. The van der Waals surface area contributed by atoms with Gasteiger partial charge in [-0.05, 0) is 30.5 Å². The molecule has 0 aliphatic heterocycles. The Morgan fingerprint density at radius 3 is 2.46 bits per heavy atom. The predicted octanol–water partition coefficient (Wildman–Crippen LogP) is 4.43. The van der Waals surface area contributed by atoms with Crippen LogP contribution in [0.1, 0.15) is 52.0 Å². The molecule has 0 unspecified atom stereocenters. The van der Waals surface area contributed by atoms with Gasteiger partial charge in [-0.25, -0.2) is 0 Å². The first kappa shape index (κ1) is 20.8. The molecule has 0 saturated carbocycles. The molecule has 1 N–H and O–H groups in total. The van der Waals surface area contributed by atoms with E-state index in [1.165, 1.54) is 0 Å². The summed E-state index contributed by atoms with van der Waals surface area (Å²) in [5.74, 6) is -0.184. The Labute approximate surface area is 154 Å². The molecule has 0 aliphatic rings. The molecule has 0 aliphatic carbocycles. The van der Waals surface area contributed by atoms with E-state index >= 15 is 0 Å². The van der Waals surface area contributed by atoms with E-state index in [2.05, 4.69) is 12.2 Å². The second-order valence-electron chi connectivity index (χ2n) is 5.68. The highest BCUT2D eigenvalue weighted by atomic mass is 35.5. The van der Waals surface area contributed by atoms with Gasteiger partial charge in [0.15, 0.2) is 0 Å². The molecule has 4 nitrogen and oxygen atoms in total. The van der Waals surface area contributed by atoms with E-state index in [0.29, 0.717) is 36.0 Å². The first-order valence-corrected chi connectivity index (χ1v) is 9.21. The fourth-order valence-corrected chi connectivity index (χ4v) is 2.93. The van der Waals surface area contributed by atoms with Crippen LogP contribution < -0.4 is 5.32 Å². The number of halogens is 2. The maximum Gasteiger partial charge on any atom is 0.242 e. The third-order valence-corrected chi connectivity index (χ3v) is 4.46. The molecule has 134 valence electrons. The number of hydrogen-bond acceptors (Lipinski definition) is 2. The highest BCUT2D eigenvalue weighted by molar-refractivity contribution is 6.35. The first-order valence-electron chi connectivity index (χ1n) is 8.45. The van der Waals surface area contributed by atoms with E-state index in [9.17, 15) is 9.59 Å². The van der Waals surface area contributed by atoms with E-state index < -0.39 is 6.04 Å². The Balaban J connectivity index is 2.97. The van der Waals surface area contributed by atoms with Gasteiger partial charge >= 0.3 is 0 Å². The Hall–Kier alpha value is -1.26. The van der Waals surface area contributed by atoms with E-state index in [1.54, 1.807) is 30.0 Å². The number of benzene rings is 1. The Bertz CT molecular complexity index is 564. The maximum atomic E-state index is 12.5. The summed E-state index contributed by atoms with van der Waals surface area (Å²) in [5, 5.41) is 3.96. The average molecular weight is 373 g/mol. The SMILES string of the molecule is CCCCNC(=O)[C@H](CC)N(Cc1ccc(Cl)cc1Cl)C(=O)CC. The van der Waals surface area contributed by atoms with Gasteiger partial charge in [0.25, 0.3) is 0 Å². The van der Waals surface area contributed by atoms with Gasteiger partial charge in [0.2, 0.25) is 11.8 Å². The summed E-state index contributed by atoms with van der Waals surface area (Å²) < 4.78 is 0. The predicted molar refractivity (Wildman–Crippen MR) is 99.3 cm³/mol. The third kappa shape index (κ3) is 5.99. The molecule has 0 radical (unpaired) electrons. The summed E-state index contributed by atoms with van der Waals surface area (Å²) in [5.41, 5.74) is 0.780. The molecular weight excluding hydrogens is 347 g/mol. The monoisotopic (exact) mass is 372 g/mol. The lowest BCUT2D eigenvalue weighted by Crippen LogP contribution is -2.49. The first-order chi connectivity index (χ1) is 11.4. The lowest BCUT2D eigenvalue weighted by atomic mass is 10.1. The molecule has 1 aromatic rings.